The van der Waals surface area contributed by atoms with Crippen LogP contribution in [0.2, 0.25) is 0 Å². The average Bonchev–Trinajstić information content (AvgIpc) is 2.57. The van der Waals surface area contributed by atoms with Gasteiger partial charge in [-0.2, -0.15) is 0 Å². The lowest BCUT2D eigenvalue weighted by atomic mass is 9.67. The van der Waals surface area contributed by atoms with Crippen LogP contribution in [0.4, 0.5) is 0 Å². The van der Waals surface area contributed by atoms with Gasteiger partial charge in [-0.3, -0.25) is 0 Å². The summed E-state index contributed by atoms with van der Waals surface area (Å²) in [5.41, 5.74) is 3.67. The summed E-state index contributed by atoms with van der Waals surface area (Å²) in [5, 5.41) is 9.78. The van der Waals surface area contributed by atoms with Crippen LogP contribution in [-0.4, -0.2) is 12.4 Å². The maximum Gasteiger partial charge on any atom is 0.242 e. The van der Waals surface area contributed by atoms with E-state index in [2.05, 4.69) is 11.8 Å². The molecule has 3 rings (SSSR count). The molecule has 0 bridgehead atoms. The number of rotatable bonds is 2. The minimum absolute atomic E-state index is 0.301. The lowest BCUT2D eigenvalue weighted by Crippen LogP contribution is -2.19. The van der Waals surface area contributed by atoms with Crippen LogP contribution in [0.1, 0.15) is 17.5 Å². The summed E-state index contributed by atoms with van der Waals surface area (Å²) in [5.74, 6) is 6.58. The molecule has 0 saturated carbocycles. The molecule has 2 aromatic carbocycles. The Bertz CT molecular complexity index is 763. The maximum absolute atomic E-state index is 9.78. The lowest BCUT2D eigenvalue weighted by Gasteiger charge is -2.12. The second-order valence-corrected chi connectivity index (χ2v) is 5.05. The topological polar surface area (TPSA) is 29.5 Å². The molecule has 0 atom stereocenters. The molecule has 0 aromatic heterocycles. The van der Waals surface area contributed by atoms with E-state index in [-0.39, 0.29) is 0 Å². The zero-order valence-corrected chi connectivity index (χ0v) is 12.1. The molecular formula is C19H15BO2. The van der Waals surface area contributed by atoms with E-state index in [1.165, 1.54) is 0 Å². The molecule has 2 aromatic rings. The van der Waals surface area contributed by atoms with Gasteiger partial charge in [-0.05, 0) is 30.3 Å². The van der Waals surface area contributed by atoms with Gasteiger partial charge in [-0.15, -0.1) is 0 Å². The Morgan fingerprint density at radius 3 is 2.27 bits per heavy atom. The first-order valence-electron chi connectivity index (χ1n) is 7.20. The van der Waals surface area contributed by atoms with E-state index in [9.17, 15) is 5.11 Å². The van der Waals surface area contributed by atoms with Crippen LogP contribution in [-0.2, 0) is 4.74 Å². The van der Waals surface area contributed by atoms with Crippen LogP contribution in [0.15, 0.2) is 78.4 Å². The third kappa shape index (κ3) is 3.62. The normalized spacial score (nSPS) is 13.1. The van der Waals surface area contributed by atoms with E-state index in [1.54, 1.807) is 12.3 Å². The minimum atomic E-state index is 0.301. The van der Waals surface area contributed by atoms with Crippen molar-refractivity contribution in [3.05, 3.63) is 89.5 Å². The van der Waals surface area contributed by atoms with Crippen molar-refractivity contribution in [1.82, 2.24) is 0 Å². The summed E-state index contributed by atoms with van der Waals surface area (Å²) in [7, 11) is 0.586. The predicted molar refractivity (Wildman–Crippen MR) is 90.1 cm³/mol. The van der Waals surface area contributed by atoms with Crippen LogP contribution in [0.3, 0.4) is 0 Å². The van der Waals surface area contributed by atoms with Crippen LogP contribution >= 0.6 is 0 Å². The zero-order chi connectivity index (χ0) is 15.2. The molecule has 0 saturated heterocycles. The van der Waals surface area contributed by atoms with E-state index in [4.69, 9.17) is 4.74 Å². The summed E-state index contributed by atoms with van der Waals surface area (Å²) in [6.45, 7) is 0. The number of aliphatic hydroxyl groups is 1. The summed E-state index contributed by atoms with van der Waals surface area (Å²) in [6, 6.07) is 17.9. The largest absolute Gasteiger partial charge is 0.509 e. The van der Waals surface area contributed by atoms with E-state index in [0.29, 0.717) is 25.1 Å². The van der Waals surface area contributed by atoms with Crippen LogP contribution in [0, 0.1) is 11.8 Å². The van der Waals surface area contributed by atoms with Gasteiger partial charge in [0.15, 0.2) is 0 Å². The molecule has 0 amide bonds. The van der Waals surface area contributed by atoms with Gasteiger partial charge < -0.3 is 9.84 Å². The van der Waals surface area contributed by atoms with Gasteiger partial charge in [-0.1, -0.05) is 47.6 Å². The quantitative estimate of drug-likeness (QED) is 0.679. The predicted octanol–water partition coefficient (Wildman–Crippen LogP) is 2.81. The number of benzene rings is 2. The van der Waals surface area contributed by atoms with Crippen LogP contribution < -0.4 is 5.46 Å². The highest BCUT2D eigenvalue weighted by Gasteiger charge is 2.11. The lowest BCUT2D eigenvalue weighted by molar-refractivity contribution is 0.301. The summed E-state index contributed by atoms with van der Waals surface area (Å²) in [6.07, 6.45) is 3.95. The number of allylic oxidation sites excluding steroid dienone is 1. The van der Waals surface area contributed by atoms with Gasteiger partial charge >= 0.3 is 0 Å². The summed E-state index contributed by atoms with van der Waals surface area (Å²) >= 11 is 0. The van der Waals surface area contributed by atoms with E-state index in [1.807, 2.05) is 54.6 Å². The highest BCUT2D eigenvalue weighted by molar-refractivity contribution is 6.60. The number of hydrogen-bond donors (Lipinski definition) is 1. The standard InChI is InChI=1S/C19H15BO2/c21-18-7-4-14-22-19(18)20-17-12-10-16(11-13-17)9-8-15-5-2-1-3-6-15/h1-6,10-14,20-21H,7H2. The monoisotopic (exact) mass is 286 g/mol. The molecule has 1 heterocycles. The van der Waals surface area contributed by atoms with Crippen molar-refractivity contribution < 1.29 is 9.84 Å². The van der Waals surface area contributed by atoms with Crippen molar-refractivity contribution in [3.63, 3.8) is 0 Å². The Balaban J connectivity index is 1.70. The number of hydrogen-bond acceptors (Lipinski definition) is 2. The average molecular weight is 286 g/mol. The second kappa shape index (κ2) is 6.73. The molecule has 0 unspecified atom stereocenters. The Hall–Kier alpha value is -2.86. The van der Waals surface area contributed by atoms with Gasteiger partial charge in [0.05, 0.1) is 6.26 Å². The fourth-order valence-corrected chi connectivity index (χ4v) is 2.17. The molecule has 0 radical (unpaired) electrons. The zero-order valence-electron chi connectivity index (χ0n) is 12.1. The molecule has 22 heavy (non-hydrogen) atoms. The summed E-state index contributed by atoms with van der Waals surface area (Å²) < 4.78 is 5.35. The van der Waals surface area contributed by atoms with Gasteiger partial charge in [0, 0.05) is 17.5 Å². The molecule has 1 aliphatic heterocycles. The Labute approximate surface area is 131 Å². The van der Waals surface area contributed by atoms with E-state index < -0.39 is 0 Å². The molecule has 106 valence electrons. The first kappa shape index (κ1) is 14.1. The van der Waals surface area contributed by atoms with Crippen molar-refractivity contribution in [2.45, 2.75) is 6.42 Å². The van der Waals surface area contributed by atoms with E-state index in [0.717, 1.165) is 16.6 Å². The van der Waals surface area contributed by atoms with Crippen molar-refractivity contribution in [1.29, 1.82) is 0 Å². The Kier molecular flexibility index (Phi) is 4.31. The number of aliphatic hydroxyl groups excluding tert-OH is 1. The van der Waals surface area contributed by atoms with Crippen LogP contribution in [0.25, 0.3) is 0 Å². The molecule has 0 aliphatic carbocycles. The number of ether oxygens (including phenoxy) is 1. The van der Waals surface area contributed by atoms with Gasteiger partial charge in [0.2, 0.25) is 7.28 Å². The third-order valence-electron chi connectivity index (χ3n) is 3.38. The molecule has 2 nitrogen and oxygen atoms in total. The second-order valence-electron chi connectivity index (χ2n) is 5.05. The molecule has 1 N–H and O–H groups in total. The third-order valence-corrected chi connectivity index (χ3v) is 3.38. The van der Waals surface area contributed by atoms with Crippen molar-refractivity contribution in [2.24, 2.45) is 0 Å². The highest BCUT2D eigenvalue weighted by atomic mass is 16.5. The SMILES string of the molecule is OC1=C(Bc2ccc(C#Cc3ccccc3)cc2)OC=CC1. The van der Waals surface area contributed by atoms with E-state index >= 15 is 0 Å². The first-order valence-corrected chi connectivity index (χ1v) is 7.20. The molecular weight excluding hydrogens is 271 g/mol. The molecule has 0 spiro atoms. The highest BCUT2D eigenvalue weighted by Crippen LogP contribution is 2.13. The molecule has 1 aliphatic rings. The fourth-order valence-electron chi connectivity index (χ4n) is 2.17. The Morgan fingerprint density at radius 1 is 0.909 bits per heavy atom. The first-order chi connectivity index (χ1) is 10.8. The minimum Gasteiger partial charge on any atom is -0.509 e. The fraction of sp³-hybridized carbons (Fsp3) is 0.0526. The van der Waals surface area contributed by atoms with Gasteiger partial charge in [0.25, 0.3) is 0 Å². The summed E-state index contributed by atoms with van der Waals surface area (Å²) in [4.78, 5) is 0. The van der Waals surface area contributed by atoms with Gasteiger partial charge in [0.1, 0.15) is 11.4 Å². The molecule has 3 heteroatoms. The smallest absolute Gasteiger partial charge is 0.242 e. The molecule has 0 fully saturated rings. The van der Waals surface area contributed by atoms with Crippen molar-refractivity contribution in [3.8, 4) is 11.8 Å². The van der Waals surface area contributed by atoms with Crippen LogP contribution in [0.5, 0.6) is 0 Å². The van der Waals surface area contributed by atoms with Gasteiger partial charge in [-0.25, -0.2) is 0 Å². The van der Waals surface area contributed by atoms with Crippen molar-refractivity contribution >= 4 is 12.7 Å². The maximum atomic E-state index is 9.78. The van der Waals surface area contributed by atoms with Crippen molar-refractivity contribution in [2.75, 3.05) is 0 Å². The Morgan fingerprint density at radius 2 is 1.59 bits per heavy atom.